The molecule has 0 unspecified atom stereocenters. The van der Waals surface area contributed by atoms with Crippen molar-refractivity contribution in [3.05, 3.63) is 78.4 Å². The van der Waals surface area contributed by atoms with E-state index in [2.05, 4.69) is 68.4 Å². The van der Waals surface area contributed by atoms with Gasteiger partial charge in [0, 0.05) is 36.9 Å². The molecule has 182 valence electrons. The van der Waals surface area contributed by atoms with Gasteiger partial charge in [-0.15, -0.1) is 0 Å². The van der Waals surface area contributed by atoms with Gasteiger partial charge in [0.25, 0.3) is 0 Å². The maximum atomic E-state index is 6.21. The Hall–Kier alpha value is -2.90. The Morgan fingerprint density at radius 1 is 1.00 bits per heavy atom. The zero-order valence-electron chi connectivity index (χ0n) is 19.9. The molecule has 6 rings (SSSR count). The summed E-state index contributed by atoms with van der Waals surface area (Å²) >= 11 is 5.91. The third-order valence-corrected chi connectivity index (χ3v) is 7.72. The first-order valence-corrected chi connectivity index (χ1v) is 13.2. The number of nitrogens with zero attached hydrogens (tertiary/aromatic N) is 3. The van der Waals surface area contributed by atoms with Crippen LogP contribution in [-0.4, -0.2) is 33.5 Å². The van der Waals surface area contributed by atoms with Crippen LogP contribution in [0, 0.1) is 0 Å². The van der Waals surface area contributed by atoms with Crippen LogP contribution in [0.25, 0.3) is 0 Å². The highest BCUT2D eigenvalue weighted by molar-refractivity contribution is 7.80. The molecule has 4 heterocycles. The molecule has 1 aliphatic carbocycles. The van der Waals surface area contributed by atoms with Gasteiger partial charge in [-0.25, -0.2) is 0 Å². The van der Waals surface area contributed by atoms with Crippen LogP contribution in [0.3, 0.4) is 0 Å². The molecule has 0 bridgehead atoms. The zero-order valence-corrected chi connectivity index (χ0v) is 20.7. The van der Waals surface area contributed by atoms with Crippen molar-refractivity contribution in [1.82, 2.24) is 14.9 Å². The average molecular weight is 489 g/mol. The highest BCUT2D eigenvalue weighted by atomic mass is 32.1. The molecule has 2 aromatic heterocycles. The molecule has 2 aliphatic heterocycles. The van der Waals surface area contributed by atoms with Crippen LogP contribution >= 0.6 is 12.2 Å². The summed E-state index contributed by atoms with van der Waals surface area (Å²) in [5.74, 6) is 0.929. The number of thiocarbonyl (C=S) groups is 1. The van der Waals surface area contributed by atoms with Crippen molar-refractivity contribution >= 4 is 23.0 Å². The first-order valence-electron chi connectivity index (χ1n) is 12.8. The fraction of sp³-hybridized carbons (Fsp3) is 0.429. The minimum absolute atomic E-state index is 0.0320. The average Bonchev–Trinajstić information content (AvgIpc) is 3.69. The summed E-state index contributed by atoms with van der Waals surface area (Å²) in [5.41, 5.74) is 3.23. The van der Waals surface area contributed by atoms with Gasteiger partial charge in [0.15, 0.2) is 5.11 Å². The molecule has 0 radical (unpaired) electrons. The van der Waals surface area contributed by atoms with E-state index in [1.807, 2.05) is 18.3 Å². The molecule has 7 heteroatoms. The predicted molar refractivity (Wildman–Crippen MR) is 141 cm³/mol. The van der Waals surface area contributed by atoms with E-state index in [0.29, 0.717) is 11.2 Å². The van der Waals surface area contributed by atoms with Crippen molar-refractivity contribution in [2.24, 2.45) is 0 Å². The number of anilines is 1. The minimum atomic E-state index is -0.0590. The van der Waals surface area contributed by atoms with Crippen molar-refractivity contribution in [2.45, 2.75) is 69.4 Å². The number of aromatic nitrogens is 2. The molecule has 1 saturated carbocycles. The molecular weight excluding hydrogens is 456 g/mol. The number of pyridine rings is 1. The fourth-order valence-electron chi connectivity index (χ4n) is 5.69. The van der Waals surface area contributed by atoms with E-state index in [1.165, 1.54) is 18.5 Å². The van der Waals surface area contributed by atoms with Crippen LogP contribution in [0.5, 0.6) is 5.75 Å². The van der Waals surface area contributed by atoms with E-state index < -0.39 is 0 Å². The molecule has 3 fully saturated rings. The predicted octanol–water partition coefficient (Wildman–Crippen LogP) is 5.56. The van der Waals surface area contributed by atoms with Gasteiger partial charge >= 0.3 is 0 Å². The number of ether oxygens (including phenoxy) is 2. The van der Waals surface area contributed by atoms with E-state index in [0.717, 1.165) is 56.0 Å². The maximum absolute atomic E-state index is 6.21. The van der Waals surface area contributed by atoms with E-state index in [1.54, 1.807) is 0 Å². The highest BCUT2D eigenvalue weighted by Crippen LogP contribution is 2.42. The van der Waals surface area contributed by atoms with Crippen molar-refractivity contribution in [2.75, 3.05) is 11.5 Å². The maximum Gasteiger partial charge on any atom is 0.174 e. The monoisotopic (exact) mass is 488 g/mol. The van der Waals surface area contributed by atoms with E-state index in [9.17, 15) is 0 Å². The largest absolute Gasteiger partial charge is 0.490 e. The molecule has 35 heavy (non-hydrogen) atoms. The van der Waals surface area contributed by atoms with Crippen LogP contribution in [0.4, 0.5) is 5.69 Å². The Morgan fingerprint density at radius 2 is 1.86 bits per heavy atom. The summed E-state index contributed by atoms with van der Waals surface area (Å²) in [4.78, 5) is 6.92. The van der Waals surface area contributed by atoms with Crippen LogP contribution in [0.1, 0.15) is 62.0 Å². The summed E-state index contributed by atoms with van der Waals surface area (Å²) in [6, 6.07) is 18.7. The van der Waals surface area contributed by atoms with Crippen LogP contribution < -0.4 is 15.0 Å². The van der Waals surface area contributed by atoms with Gasteiger partial charge < -0.3 is 24.3 Å². The Morgan fingerprint density at radius 3 is 2.60 bits per heavy atom. The van der Waals surface area contributed by atoms with Gasteiger partial charge in [-0.05, 0) is 99.3 Å². The normalized spacial score (nSPS) is 24.7. The number of hydrogen-bond donors (Lipinski definition) is 1. The van der Waals surface area contributed by atoms with Crippen molar-refractivity contribution < 1.29 is 9.47 Å². The lowest BCUT2D eigenvalue weighted by molar-refractivity contribution is 0.0961. The molecule has 1 N–H and O–H groups in total. The standard InChI is InChI=1S/C28H32N4O2S/c35-28-30-26(24-10-3-4-16-29-24)27(25-11-5-17-31(25)19-23-9-6-18-33-23)32(28)20-12-14-22(15-13-20)34-21-7-1-2-8-21/h3-5,10-17,21,23,26-27H,1-2,6-9,18-19H2,(H,30,35)/t23-,26-,27-/m1/s1. The summed E-state index contributed by atoms with van der Waals surface area (Å²) < 4.78 is 14.5. The molecule has 1 aromatic carbocycles. The van der Waals surface area contributed by atoms with Gasteiger partial charge in [-0.2, -0.15) is 0 Å². The highest BCUT2D eigenvalue weighted by Gasteiger charge is 2.42. The minimum Gasteiger partial charge on any atom is -0.490 e. The molecule has 0 amide bonds. The molecule has 3 atom stereocenters. The second kappa shape index (κ2) is 9.99. The quantitative estimate of drug-likeness (QED) is 0.440. The number of rotatable bonds is 7. The van der Waals surface area contributed by atoms with Crippen LogP contribution in [0.2, 0.25) is 0 Å². The van der Waals surface area contributed by atoms with Gasteiger partial charge in [0.05, 0.1) is 23.9 Å². The van der Waals surface area contributed by atoms with Crippen LogP contribution in [0.15, 0.2) is 67.0 Å². The van der Waals surface area contributed by atoms with Gasteiger partial charge in [-0.3, -0.25) is 4.98 Å². The van der Waals surface area contributed by atoms with Crippen LogP contribution in [-0.2, 0) is 11.3 Å². The summed E-state index contributed by atoms with van der Waals surface area (Å²) in [5, 5.41) is 4.28. The second-order valence-corrected chi connectivity index (χ2v) is 10.1. The summed E-state index contributed by atoms with van der Waals surface area (Å²) in [6.45, 7) is 1.71. The summed E-state index contributed by atoms with van der Waals surface area (Å²) in [6.07, 6.45) is 11.7. The fourth-order valence-corrected chi connectivity index (χ4v) is 6.03. The molecule has 6 nitrogen and oxygen atoms in total. The van der Waals surface area contributed by atoms with Crippen molar-refractivity contribution in [1.29, 1.82) is 0 Å². The molecular formula is C28H32N4O2S. The number of benzene rings is 1. The van der Waals surface area contributed by atoms with Gasteiger partial charge in [0.1, 0.15) is 11.8 Å². The first-order chi connectivity index (χ1) is 17.3. The Bertz CT molecular complexity index is 1140. The third-order valence-electron chi connectivity index (χ3n) is 7.41. The number of nitrogens with one attached hydrogen (secondary N) is 1. The molecule has 2 saturated heterocycles. The van der Waals surface area contributed by atoms with E-state index >= 15 is 0 Å². The lowest BCUT2D eigenvalue weighted by atomic mass is 10.0. The Labute approximate surface area is 212 Å². The summed E-state index contributed by atoms with van der Waals surface area (Å²) in [7, 11) is 0. The zero-order chi connectivity index (χ0) is 23.6. The lowest BCUT2D eigenvalue weighted by Crippen LogP contribution is -2.31. The van der Waals surface area contributed by atoms with E-state index in [-0.39, 0.29) is 18.2 Å². The van der Waals surface area contributed by atoms with Crippen molar-refractivity contribution in [3.63, 3.8) is 0 Å². The third kappa shape index (κ3) is 4.67. The molecule has 0 spiro atoms. The van der Waals surface area contributed by atoms with Gasteiger partial charge in [-0.1, -0.05) is 6.07 Å². The molecule has 3 aliphatic rings. The van der Waals surface area contributed by atoms with Gasteiger partial charge in [0.2, 0.25) is 0 Å². The van der Waals surface area contributed by atoms with E-state index in [4.69, 9.17) is 21.7 Å². The first kappa shape index (κ1) is 22.6. The Balaban J connectivity index is 1.33. The SMILES string of the molecule is S=C1N[C@H](c2ccccn2)[C@@H](c2cccn2C[C@H]2CCCO2)N1c1ccc(OC2CCCC2)cc1. The molecule has 3 aromatic rings. The Kier molecular flexibility index (Phi) is 6.44. The number of hydrogen-bond acceptors (Lipinski definition) is 4. The smallest absolute Gasteiger partial charge is 0.174 e. The topological polar surface area (TPSA) is 51.5 Å². The van der Waals surface area contributed by atoms with Crippen molar-refractivity contribution in [3.8, 4) is 5.75 Å². The second-order valence-electron chi connectivity index (χ2n) is 9.74. The lowest BCUT2D eigenvalue weighted by Gasteiger charge is -2.29.